The van der Waals surface area contributed by atoms with Crippen molar-refractivity contribution in [2.45, 2.75) is 26.5 Å². The Morgan fingerprint density at radius 1 is 1.17 bits per heavy atom. The number of fused-ring (bicyclic) bond motifs is 1. The summed E-state index contributed by atoms with van der Waals surface area (Å²) in [5.41, 5.74) is 1.18. The van der Waals surface area contributed by atoms with Gasteiger partial charge in [0.2, 0.25) is 6.79 Å². The number of ether oxygens (including phenoxy) is 5. The molecule has 9 nitrogen and oxygen atoms in total. The Bertz CT molecular complexity index is 1210. The molecule has 4 rings (SSSR count). The zero-order chi connectivity index (χ0) is 25.1. The highest BCUT2D eigenvalue weighted by atomic mass is 35.5. The Balaban J connectivity index is 1.47. The standard InChI is InChI=1S/C24H22ClNO8S/c1-13(2)34-22(27)11-31-17-5-4-14(6-18(17)30-3)7-21-23(28)26(24(29)35-21)10-15-8-19-20(9-16(15)25)33-12-32-19/h4-9,13H,10-12H2,1-3H3/b21-7+. The maximum atomic E-state index is 13.0. The summed E-state index contributed by atoms with van der Waals surface area (Å²) in [6, 6.07) is 8.22. The zero-order valence-electron chi connectivity index (χ0n) is 19.2. The first-order chi connectivity index (χ1) is 16.7. The van der Waals surface area contributed by atoms with Crippen molar-refractivity contribution in [3.05, 3.63) is 51.4 Å². The summed E-state index contributed by atoms with van der Waals surface area (Å²) in [7, 11) is 1.46. The van der Waals surface area contributed by atoms with Crippen LogP contribution in [0.1, 0.15) is 25.0 Å². The highest BCUT2D eigenvalue weighted by Gasteiger charge is 2.35. The third kappa shape index (κ3) is 5.66. The number of thioether (sulfide) groups is 1. The number of nitrogens with zero attached hydrogens (tertiary/aromatic N) is 1. The first-order valence-electron chi connectivity index (χ1n) is 10.6. The van der Waals surface area contributed by atoms with E-state index in [1.807, 2.05) is 0 Å². The highest BCUT2D eigenvalue weighted by Crippen LogP contribution is 2.40. The molecule has 0 aromatic heterocycles. The van der Waals surface area contributed by atoms with Crippen molar-refractivity contribution < 1.29 is 38.1 Å². The van der Waals surface area contributed by atoms with Crippen molar-refractivity contribution in [3.63, 3.8) is 0 Å². The van der Waals surface area contributed by atoms with Gasteiger partial charge in [-0.2, -0.15) is 0 Å². The minimum Gasteiger partial charge on any atom is -0.493 e. The van der Waals surface area contributed by atoms with E-state index in [0.29, 0.717) is 39.1 Å². The molecule has 0 unspecified atom stereocenters. The average molecular weight is 520 g/mol. The quantitative estimate of drug-likeness (QED) is 0.364. The van der Waals surface area contributed by atoms with Crippen LogP contribution in [0.25, 0.3) is 6.08 Å². The Morgan fingerprint density at radius 2 is 1.91 bits per heavy atom. The molecule has 2 amide bonds. The zero-order valence-corrected chi connectivity index (χ0v) is 20.7. The summed E-state index contributed by atoms with van der Waals surface area (Å²) in [6.07, 6.45) is 1.35. The summed E-state index contributed by atoms with van der Waals surface area (Å²) in [6.45, 7) is 3.32. The number of hydrogen-bond donors (Lipinski definition) is 0. The summed E-state index contributed by atoms with van der Waals surface area (Å²) in [5, 5.41) is -0.0413. The second-order valence-electron chi connectivity index (χ2n) is 7.80. The first-order valence-corrected chi connectivity index (χ1v) is 11.8. The van der Waals surface area contributed by atoms with Crippen LogP contribution >= 0.6 is 23.4 Å². The number of methoxy groups -OCH3 is 1. The second kappa shape index (κ2) is 10.5. The fraction of sp³-hybridized carbons (Fsp3) is 0.292. The van der Waals surface area contributed by atoms with Crippen molar-refractivity contribution in [2.75, 3.05) is 20.5 Å². The van der Waals surface area contributed by atoms with E-state index < -0.39 is 17.1 Å². The minimum atomic E-state index is -0.498. The maximum Gasteiger partial charge on any atom is 0.344 e. The van der Waals surface area contributed by atoms with Crippen LogP contribution < -0.4 is 18.9 Å². The van der Waals surface area contributed by atoms with Crippen molar-refractivity contribution >= 4 is 46.6 Å². The molecular formula is C24H22ClNO8S. The van der Waals surface area contributed by atoms with E-state index in [1.165, 1.54) is 7.11 Å². The third-order valence-corrected chi connectivity index (χ3v) is 6.20. The van der Waals surface area contributed by atoms with Gasteiger partial charge in [0.25, 0.3) is 11.1 Å². The average Bonchev–Trinajstić information content (AvgIpc) is 3.36. The number of esters is 1. The lowest BCUT2D eigenvalue weighted by Crippen LogP contribution is -2.27. The Kier molecular flexibility index (Phi) is 7.42. The molecule has 11 heteroatoms. The van der Waals surface area contributed by atoms with Gasteiger partial charge in [-0.3, -0.25) is 14.5 Å². The van der Waals surface area contributed by atoms with Crippen LogP contribution in [-0.2, 0) is 20.9 Å². The van der Waals surface area contributed by atoms with Gasteiger partial charge in [-0.15, -0.1) is 0 Å². The molecule has 184 valence electrons. The second-order valence-corrected chi connectivity index (χ2v) is 9.20. The van der Waals surface area contributed by atoms with E-state index >= 15 is 0 Å². The molecule has 35 heavy (non-hydrogen) atoms. The molecule has 0 N–H and O–H groups in total. The van der Waals surface area contributed by atoms with Crippen LogP contribution in [0, 0.1) is 0 Å². The van der Waals surface area contributed by atoms with E-state index in [2.05, 4.69) is 0 Å². The number of amides is 2. The van der Waals surface area contributed by atoms with Gasteiger partial charge < -0.3 is 23.7 Å². The fourth-order valence-electron chi connectivity index (χ4n) is 3.37. The Labute approximate surface area is 210 Å². The number of imide groups is 1. The van der Waals surface area contributed by atoms with Gasteiger partial charge in [0.05, 0.1) is 24.7 Å². The molecule has 0 bridgehead atoms. The van der Waals surface area contributed by atoms with E-state index in [9.17, 15) is 14.4 Å². The van der Waals surface area contributed by atoms with Crippen LogP contribution in [0.15, 0.2) is 35.2 Å². The number of halogens is 1. The molecule has 2 aromatic carbocycles. The van der Waals surface area contributed by atoms with Crippen LogP contribution in [0.5, 0.6) is 23.0 Å². The first kappa shape index (κ1) is 24.7. The Morgan fingerprint density at radius 3 is 2.63 bits per heavy atom. The molecule has 2 heterocycles. The number of carbonyl (C=O) groups is 3. The fourth-order valence-corrected chi connectivity index (χ4v) is 4.42. The minimum absolute atomic E-state index is 0.0000552. The van der Waals surface area contributed by atoms with Crippen molar-refractivity contribution in [1.29, 1.82) is 0 Å². The third-order valence-electron chi connectivity index (χ3n) is 4.94. The number of hydrogen-bond acceptors (Lipinski definition) is 9. The van der Waals surface area contributed by atoms with Gasteiger partial charge in [-0.1, -0.05) is 17.7 Å². The van der Waals surface area contributed by atoms with Crippen LogP contribution in [0.4, 0.5) is 4.79 Å². The summed E-state index contributed by atoms with van der Waals surface area (Å²) in [4.78, 5) is 38.6. The highest BCUT2D eigenvalue weighted by molar-refractivity contribution is 8.18. The van der Waals surface area contributed by atoms with E-state index in [-0.39, 0.29) is 31.0 Å². The molecule has 0 aliphatic carbocycles. The molecule has 0 spiro atoms. The number of benzene rings is 2. The summed E-state index contributed by atoms with van der Waals surface area (Å²) >= 11 is 7.14. The number of carbonyl (C=O) groups excluding carboxylic acids is 3. The van der Waals surface area contributed by atoms with Gasteiger partial charge in [-0.25, -0.2) is 4.79 Å². The van der Waals surface area contributed by atoms with Gasteiger partial charge in [-0.05, 0) is 61.0 Å². The van der Waals surface area contributed by atoms with Crippen molar-refractivity contribution in [2.24, 2.45) is 0 Å². The van der Waals surface area contributed by atoms with Crippen LogP contribution in [-0.4, -0.2) is 48.6 Å². The lowest BCUT2D eigenvalue weighted by molar-refractivity contribution is -0.149. The molecule has 0 atom stereocenters. The smallest absolute Gasteiger partial charge is 0.344 e. The topological polar surface area (TPSA) is 101 Å². The van der Waals surface area contributed by atoms with Gasteiger partial charge in [0.15, 0.2) is 29.6 Å². The predicted octanol–water partition coefficient (Wildman–Crippen LogP) is 4.64. The summed E-state index contributed by atoms with van der Waals surface area (Å²) < 4.78 is 26.5. The largest absolute Gasteiger partial charge is 0.493 e. The van der Waals surface area contributed by atoms with Crippen molar-refractivity contribution in [3.8, 4) is 23.0 Å². The normalized spacial score (nSPS) is 15.8. The van der Waals surface area contributed by atoms with Gasteiger partial charge in [0, 0.05) is 11.1 Å². The maximum absolute atomic E-state index is 13.0. The molecule has 0 saturated carbocycles. The van der Waals surface area contributed by atoms with E-state index in [4.69, 9.17) is 35.3 Å². The number of rotatable bonds is 8. The Hall–Kier alpha value is -3.37. The molecule has 2 aliphatic rings. The van der Waals surface area contributed by atoms with Crippen molar-refractivity contribution in [1.82, 2.24) is 4.90 Å². The van der Waals surface area contributed by atoms with Gasteiger partial charge >= 0.3 is 5.97 Å². The molecule has 2 aliphatic heterocycles. The molecule has 1 fully saturated rings. The lowest BCUT2D eigenvalue weighted by atomic mass is 10.1. The van der Waals surface area contributed by atoms with Crippen LogP contribution in [0.2, 0.25) is 5.02 Å². The van der Waals surface area contributed by atoms with Crippen LogP contribution in [0.3, 0.4) is 0 Å². The predicted molar refractivity (Wildman–Crippen MR) is 129 cm³/mol. The van der Waals surface area contributed by atoms with E-state index in [1.54, 1.807) is 50.3 Å². The SMILES string of the molecule is COc1cc(/C=C2/SC(=O)N(Cc3cc4c(cc3Cl)OCO4)C2=O)ccc1OCC(=O)OC(C)C. The van der Waals surface area contributed by atoms with E-state index in [0.717, 1.165) is 16.7 Å². The molecule has 2 aromatic rings. The van der Waals surface area contributed by atoms with Gasteiger partial charge in [0.1, 0.15) is 0 Å². The summed E-state index contributed by atoms with van der Waals surface area (Å²) in [5.74, 6) is 0.801. The molecular weight excluding hydrogens is 498 g/mol. The molecule has 0 radical (unpaired) electrons. The lowest BCUT2D eigenvalue weighted by Gasteiger charge is -2.14. The molecule has 1 saturated heterocycles. The monoisotopic (exact) mass is 519 g/mol.